The smallest absolute Gasteiger partial charge is 0.410 e. The molecule has 0 spiro atoms. The van der Waals surface area contributed by atoms with E-state index in [2.05, 4.69) is 34.9 Å². The maximum absolute atomic E-state index is 13.2. The van der Waals surface area contributed by atoms with Crippen molar-refractivity contribution < 1.29 is 14.3 Å². The van der Waals surface area contributed by atoms with Crippen molar-refractivity contribution in [3.8, 4) is 0 Å². The molecule has 1 heterocycles. The van der Waals surface area contributed by atoms with Gasteiger partial charge in [0.1, 0.15) is 5.60 Å². The van der Waals surface area contributed by atoms with E-state index in [0.29, 0.717) is 18.7 Å². The first-order valence-corrected chi connectivity index (χ1v) is 11.7. The third-order valence-corrected chi connectivity index (χ3v) is 6.02. The predicted octanol–water partition coefficient (Wildman–Crippen LogP) is 5.67. The number of hydrogen-bond donors (Lipinski definition) is 2. The highest BCUT2D eigenvalue weighted by atomic mass is 16.6. The van der Waals surface area contributed by atoms with Gasteiger partial charge in [-0.25, -0.2) is 4.79 Å². The fraction of sp³-hybridized carbons (Fsp3) is 0.357. The van der Waals surface area contributed by atoms with Gasteiger partial charge in [0.2, 0.25) is 0 Å². The van der Waals surface area contributed by atoms with Crippen molar-refractivity contribution in [2.24, 2.45) is 0 Å². The lowest BCUT2D eigenvalue weighted by atomic mass is 9.99. The van der Waals surface area contributed by atoms with E-state index in [0.717, 1.165) is 27.6 Å². The lowest BCUT2D eigenvalue weighted by Crippen LogP contribution is -2.57. The summed E-state index contributed by atoms with van der Waals surface area (Å²) < 4.78 is 5.41. The number of nitrogens with one attached hydrogen (secondary N) is 2. The van der Waals surface area contributed by atoms with Crippen molar-refractivity contribution in [2.75, 3.05) is 18.4 Å². The number of anilines is 1. The number of likely N-dealkylation sites (tertiary alicyclic amines) is 1. The molecule has 4 rings (SSSR count). The Kier molecular flexibility index (Phi) is 6.51. The molecule has 1 aliphatic heterocycles. The molecule has 0 unspecified atom stereocenters. The standard InChI is InChI=1S/C28H33N3O3/c1-18-13-14-21(30-22-16-31(17-22)27(33)34-28(3,4)5)15-25(18)26(32)29-19(2)23-12-8-10-20-9-6-7-11-24(20)23/h6-15,19,22,30H,16-17H2,1-5H3,(H,29,32)/t19-/m1/s1. The summed E-state index contributed by atoms with van der Waals surface area (Å²) in [6.07, 6.45) is -0.294. The molecule has 3 aromatic rings. The summed E-state index contributed by atoms with van der Waals surface area (Å²) in [5.41, 5.74) is 3.01. The van der Waals surface area contributed by atoms with Crippen LogP contribution in [0.2, 0.25) is 0 Å². The number of aryl methyl sites for hydroxylation is 1. The minimum Gasteiger partial charge on any atom is -0.444 e. The second-order valence-corrected chi connectivity index (χ2v) is 10.0. The van der Waals surface area contributed by atoms with E-state index < -0.39 is 5.60 Å². The van der Waals surface area contributed by atoms with Crippen LogP contribution in [-0.2, 0) is 4.74 Å². The van der Waals surface area contributed by atoms with Crippen LogP contribution in [0.1, 0.15) is 55.2 Å². The Morgan fingerprint density at radius 1 is 1.03 bits per heavy atom. The number of hydrogen-bond acceptors (Lipinski definition) is 4. The van der Waals surface area contributed by atoms with Crippen LogP contribution in [0.5, 0.6) is 0 Å². The molecule has 0 bridgehead atoms. The Bertz CT molecular complexity index is 1200. The Morgan fingerprint density at radius 3 is 2.47 bits per heavy atom. The highest BCUT2D eigenvalue weighted by Crippen LogP contribution is 2.25. The SMILES string of the molecule is Cc1ccc(NC2CN(C(=O)OC(C)(C)C)C2)cc1C(=O)N[C@H](C)c1cccc2ccccc12. The van der Waals surface area contributed by atoms with Gasteiger partial charge in [0.05, 0.1) is 12.1 Å². The van der Waals surface area contributed by atoms with Gasteiger partial charge in [-0.15, -0.1) is 0 Å². The molecule has 6 heteroatoms. The second kappa shape index (κ2) is 9.37. The summed E-state index contributed by atoms with van der Waals surface area (Å²) >= 11 is 0. The monoisotopic (exact) mass is 459 g/mol. The first-order chi connectivity index (χ1) is 16.1. The van der Waals surface area contributed by atoms with Crippen molar-refractivity contribution in [2.45, 2.75) is 52.3 Å². The quantitative estimate of drug-likeness (QED) is 0.516. The van der Waals surface area contributed by atoms with E-state index in [9.17, 15) is 9.59 Å². The average molecular weight is 460 g/mol. The number of amides is 2. The van der Waals surface area contributed by atoms with Gasteiger partial charge in [0, 0.05) is 24.3 Å². The van der Waals surface area contributed by atoms with Crippen molar-refractivity contribution in [1.29, 1.82) is 0 Å². The largest absolute Gasteiger partial charge is 0.444 e. The Morgan fingerprint density at radius 2 is 1.74 bits per heavy atom. The number of fused-ring (bicyclic) bond motifs is 1. The lowest BCUT2D eigenvalue weighted by Gasteiger charge is -2.40. The summed E-state index contributed by atoms with van der Waals surface area (Å²) in [6.45, 7) is 10.7. The maximum Gasteiger partial charge on any atom is 0.410 e. The molecule has 2 N–H and O–H groups in total. The molecule has 0 aliphatic carbocycles. The minimum atomic E-state index is -0.502. The first kappa shape index (κ1) is 23.6. The van der Waals surface area contributed by atoms with E-state index in [-0.39, 0.29) is 24.1 Å². The Balaban J connectivity index is 1.40. The van der Waals surface area contributed by atoms with Gasteiger partial charge in [-0.1, -0.05) is 48.5 Å². The maximum atomic E-state index is 13.2. The van der Waals surface area contributed by atoms with Crippen LogP contribution in [0.15, 0.2) is 60.7 Å². The Hall–Kier alpha value is -3.54. The van der Waals surface area contributed by atoms with Crippen LogP contribution >= 0.6 is 0 Å². The van der Waals surface area contributed by atoms with Gasteiger partial charge in [0.15, 0.2) is 0 Å². The molecule has 178 valence electrons. The number of carbonyl (C=O) groups excluding carboxylic acids is 2. The number of benzene rings is 3. The molecule has 3 aromatic carbocycles. The van der Waals surface area contributed by atoms with Crippen LogP contribution in [0.3, 0.4) is 0 Å². The molecule has 1 aliphatic rings. The van der Waals surface area contributed by atoms with Crippen molar-refractivity contribution in [3.05, 3.63) is 77.4 Å². The van der Waals surface area contributed by atoms with E-state index in [1.165, 1.54) is 0 Å². The first-order valence-electron chi connectivity index (χ1n) is 11.7. The third-order valence-electron chi connectivity index (χ3n) is 6.02. The van der Waals surface area contributed by atoms with Crippen LogP contribution in [0, 0.1) is 6.92 Å². The average Bonchev–Trinajstić information content (AvgIpc) is 2.75. The van der Waals surface area contributed by atoms with Crippen molar-refractivity contribution >= 4 is 28.5 Å². The van der Waals surface area contributed by atoms with E-state index >= 15 is 0 Å². The number of rotatable bonds is 5. The molecular formula is C28H33N3O3. The highest BCUT2D eigenvalue weighted by molar-refractivity contribution is 5.97. The van der Waals surface area contributed by atoms with E-state index in [1.807, 2.05) is 71.0 Å². The minimum absolute atomic E-state index is 0.106. The zero-order chi connectivity index (χ0) is 24.5. The molecule has 0 radical (unpaired) electrons. The van der Waals surface area contributed by atoms with Gasteiger partial charge >= 0.3 is 6.09 Å². The van der Waals surface area contributed by atoms with Crippen LogP contribution < -0.4 is 10.6 Å². The molecule has 2 amide bonds. The zero-order valence-corrected chi connectivity index (χ0v) is 20.5. The van der Waals surface area contributed by atoms with Gasteiger partial charge in [-0.2, -0.15) is 0 Å². The predicted molar refractivity (Wildman–Crippen MR) is 136 cm³/mol. The number of carbonyl (C=O) groups is 2. The van der Waals surface area contributed by atoms with Crippen molar-refractivity contribution in [1.82, 2.24) is 10.2 Å². The molecule has 0 saturated carbocycles. The van der Waals surface area contributed by atoms with Crippen LogP contribution in [0.4, 0.5) is 10.5 Å². The molecule has 6 nitrogen and oxygen atoms in total. The second-order valence-electron chi connectivity index (χ2n) is 10.0. The summed E-state index contributed by atoms with van der Waals surface area (Å²) in [7, 11) is 0. The van der Waals surface area contributed by atoms with Crippen LogP contribution in [-0.4, -0.2) is 41.6 Å². The van der Waals surface area contributed by atoms with Crippen LogP contribution in [0.25, 0.3) is 10.8 Å². The number of nitrogens with zero attached hydrogens (tertiary/aromatic N) is 1. The molecule has 34 heavy (non-hydrogen) atoms. The topological polar surface area (TPSA) is 70.7 Å². The molecular weight excluding hydrogens is 426 g/mol. The molecule has 1 atom stereocenters. The van der Waals surface area contributed by atoms with Gasteiger partial charge < -0.3 is 20.3 Å². The molecule has 1 saturated heterocycles. The lowest BCUT2D eigenvalue weighted by molar-refractivity contribution is 0.0105. The van der Waals surface area contributed by atoms with Gasteiger partial charge in [-0.05, 0) is 68.7 Å². The number of ether oxygens (including phenoxy) is 1. The molecule has 1 fully saturated rings. The Labute approximate surface area is 201 Å². The highest BCUT2D eigenvalue weighted by Gasteiger charge is 2.33. The third kappa shape index (κ3) is 5.33. The van der Waals surface area contributed by atoms with Crippen molar-refractivity contribution in [3.63, 3.8) is 0 Å². The summed E-state index contributed by atoms with van der Waals surface area (Å²) in [5, 5.41) is 8.89. The normalized spacial score (nSPS) is 14.9. The fourth-order valence-corrected chi connectivity index (χ4v) is 4.22. The summed E-state index contributed by atoms with van der Waals surface area (Å²) in [5.74, 6) is -0.106. The van der Waals surface area contributed by atoms with E-state index in [4.69, 9.17) is 4.74 Å². The summed E-state index contributed by atoms with van der Waals surface area (Å²) in [6, 6.07) is 20.2. The fourth-order valence-electron chi connectivity index (χ4n) is 4.22. The van der Waals surface area contributed by atoms with Gasteiger partial charge in [0.25, 0.3) is 5.91 Å². The molecule has 0 aromatic heterocycles. The van der Waals surface area contributed by atoms with Gasteiger partial charge in [-0.3, -0.25) is 4.79 Å². The zero-order valence-electron chi connectivity index (χ0n) is 20.5. The summed E-state index contributed by atoms with van der Waals surface area (Å²) in [4.78, 5) is 27.0. The van der Waals surface area contributed by atoms with E-state index in [1.54, 1.807) is 4.90 Å².